The Balaban J connectivity index is 1.96. The third kappa shape index (κ3) is 2.21. The first-order valence-corrected chi connectivity index (χ1v) is 4.85. The molecule has 2 aromatic rings. The molecule has 0 aromatic carbocycles. The van der Waals surface area contributed by atoms with Gasteiger partial charge in [0.15, 0.2) is 5.82 Å². The van der Waals surface area contributed by atoms with Crippen molar-refractivity contribution in [1.29, 1.82) is 0 Å². The summed E-state index contributed by atoms with van der Waals surface area (Å²) in [4.78, 5) is 4.06. The first-order chi connectivity index (χ1) is 7.29. The fraction of sp³-hybridized carbons (Fsp3) is 0.444. The smallest absolute Gasteiger partial charge is 0.164 e. The van der Waals surface area contributed by atoms with Crippen LogP contribution < -0.4 is 5.73 Å². The van der Waals surface area contributed by atoms with E-state index in [2.05, 4.69) is 15.2 Å². The van der Waals surface area contributed by atoms with Crippen LogP contribution in [0.15, 0.2) is 18.6 Å². The average Bonchev–Trinajstić information content (AvgIpc) is 2.84. The van der Waals surface area contributed by atoms with Gasteiger partial charge in [0.2, 0.25) is 0 Å². The molecule has 2 aromatic heterocycles. The number of hydrogen-bond acceptors (Lipinski definition) is 4. The van der Waals surface area contributed by atoms with Gasteiger partial charge in [-0.2, -0.15) is 10.2 Å². The maximum Gasteiger partial charge on any atom is 0.164 e. The predicted octanol–water partition coefficient (Wildman–Crippen LogP) is -0.287. The van der Waals surface area contributed by atoms with Gasteiger partial charge >= 0.3 is 0 Å². The maximum absolute atomic E-state index is 5.43. The third-order valence-corrected chi connectivity index (χ3v) is 2.29. The minimum Gasteiger partial charge on any atom is -0.324 e. The zero-order chi connectivity index (χ0) is 10.7. The summed E-state index contributed by atoms with van der Waals surface area (Å²) >= 11 is 0. The van der Waals surface area contributed by atoms with Gasteiger partial charge in [0.05, 0.1) is 6.54 Å². The average molecular weight is 206 g/mol. The monoisotopic (exact) mass is 206 g/mol. The Morgan fingerprint density at radius 1 is 1.47 bits per heavy atom. The molecule has 15 heavy (non-hydrogen) atoms. The van der Waals surface area contributed by atoms with Crippen LogP contribution >= 0.6 is 0 Å². The minimum atomic E-state index is 0.388. The normalized spacial score (nSPS) is 10.8. The Morgan fingerprint density at radius 3 is 2.93 bits per heavy atom. The van der Waals surface area contributed by atoms with Gasteiger partial charge in [-0.05, 0) is 6.07 Å². The van der Waals surface area contributed by atoms with Crippen LogP contribution in [0.5, 0.6) is 0 Å². The van der Waals surface area contributed by atoms with Crippen molar-refractivity contribution in [2.24, 2.45) is 12.8 Å². The molecule has 2 rings (SSSR count). The molecule has 0 bridgehead atoms. The second-order valence-electron chi connectivity index (χ2n) is 3.32. The van der Waals surface area contributed by atoms with E-state index in [9.17, 15) is 0 Å². The summed E-state index contributed by atoms with van der Waals surface area (Å²) in [7, 11) is 1.93. The van der Waals surface area contributed by atoms with E-state index in [-0.39, 0.29) is 0 Å². The summed E-state index contributed by atoms with van der Waals surface area (Å²) in [5.41, 5.74) is 6.61. The van der Waals surface area contributed by atoms with E-state index in [1.165, 1.54) is 5.69 Å². The molecule has 0 radical (unpaired) electrons. The lowest BCUT2D eigenvalue weighted by Gasteiger charge is -2.01. The molecule has 0 aliphatic heterocycles. The maximum atomic E-state index is 5.43. The van der Waals surface area contributed by atoms with Crippen molar-refractivity contribution >= 4 is 0 Å². The molecule has 0 spiro atoms. The van der Waals surface area contributed by atoms with Crippen LogP contribution in [0.1, 0.15) is 11.5 Å². The topological polar surface area (TPSA) is 74.5 Å². The van der Waals surface area contributed by atoms with Crippen molar-refractivity contribution in [3.63, 3.8) is 0 Å². The van der Waals surface area contributed by atoms with Gasteiger partial charge < -0.3 is 5.73 Å². The Bertz CT molecular complexity index is 429. The molecule has 2 heterocycles. The standard InChI is InChI=1S/C9H14N6/c1-14-8(2-4-12-14)3-5-15-7-11-9(6-10)13-15/h2,4,7H,3,5-6,10H2,1H3. The number of aromatic nitrogens is 5. The Labute approximate surface area is 87.7 Å². The molecule has 0 atom stereocenters. The zero-order valence-electron chi connectivity index (χ0n) is 8.67. The molecule has 6 nitrogen and oxygen atoms in total. The lowest BCUT2D eigenvalue weighted by atomic mass is 10.3. The molecule has 0 amide bonds. The summed E-state index contributed by atoms with van der Waals surface area (Å²) in [6, 6.07) is 2.00. The molecular formula is C9H14N6. The lowest BCUT2D eigenvalue weighted by molar-refractivity contribution is 0.579. The van der Waals surface area contributed by atoms with Crippen molar-refractivity contribution in [3.8, 4) is 0 Å². The van der Waals surface area contributed by atoms with E-state index < -0.39 is 0 Å². The highest BCUT2D eigenvalue weighted by molar-refractivity contribution is 4.99. The van der Waals surface area contributed by atoms with Gasteiger partial charge in [0.25, 0.3) is 0 Å². The Morgan fingerprint density at radius 2 is 2.33 bits per heavy atom. The van der Waals surface area contributed by atoms with Gasteiger partial charge in [-0.15, -0.1) is 0 Å². The van der Waals surface area contributed by atoms with Crippen molar-refractivity contribution in [1.82, 2.24) is 24.5 Å². The van der Waals surface area contributed by atoms with Crippen molar-refractivity contribution in [3.05, 3.63) is 30.1 Å². The summed E-state index contributed by atoms with van der Waals surface area (Å²) < 4.78 is 3.66. The summed E-state index contributed by atoms with van der Waals surface area (Å²) in [5, 5.41) is 8.31. The molecule has 0 aliphatic carbocycles. The SMILES string of the molecule is Cn1nccc1CCn1cnc(CN)n1. The van der Waals surface area contributed by atoms with Crippen molar-refractivity contribution in [2.45, 2.75) is 19.5 Å². The number of nitrogens with zero attached hydrogens (tertiary/aromatic N) is 5. The summed E-state index contributed by atoms with van der Waals surface area (Å²) in [6.07, 6.45) is 4.39. The molecule has 0 fully saturated rings. The molecule has 0 aliphatic rings. The fourth-order valence-electron chi connectivity index (χ4n) is 1.41. The largest absolute Gasteiger partial charge is 0.324 e. The second-order valence-corrected chi connectivity index (χ2v) is 3.32. The lowest BCUT2D eigenvalue weighted by Crippen LogP contribution is -2.07. The van der Waals surface area contributed by atoms with Gasteiger partial charge in [0.1, 0.15) is 6.33 Å². The Hall–Kier alpha value is -1.69. The van der Waals surface area contributed by atoms with Crippen molar-refractivity contribution in [2.75, 3.05) is 0 Å². The number of aryl methyl sites for hydroxylation is 3. The first-order valence-electron chi connectivity index (χ1n) is 4.85. The van der Waals surface area contributed by atoms with Crippen LogP contribution in [0.3, 0.4) is 0 Å². The van der Waals surface area contributed by atoms with E-state index in [1.807, 2.05) is 17.8 Å². The van der Waals surface area contributed by atoms with E-state index in [0.717, 1.165) is 13.0 Å². The summed E-state index contributed by atoms with van der Waals surface area (Å²) in [5.74, 6) is 0.681. The van der Waals surface area contributed by atoms with Gasteiger partial charge in [-0.25, -0.2) is 4.98 Å². The van der Waals surface area contributed by atoms with E-state index >= 15 is 0 Å². The van der Waals surface area contributed by atoms with E-state index in [0.29, 0.717) is 12.4 Å². The van der Waals surface area contributed by atoms with Crippen LogP contribution in [0.2, 0.25) is 0 Å². The zero-order valence-corrected chi connectivity index (χ0v) is 8.67. The molecule has 80 valence electrons. The molecule has 2 N–H and O–H groups in total. The molecule has 0 unspecified atom stereocenters. The Kier molecular flexibility index (Phi) is 2.77. The highest BCUT2D eigenvalue weighted by Crippen LogP contribution is 1.99. The van der Waals surface area contributed by atoms with Crippen LogP contribution in [-0.2, 0) is 26.6 Å². The quantitative estimate of drug-likeness (QED) is 0.746. The van der Waals surface area contributed by atoms with Gasteiger partial charge in [-0.1, -0.05) is 0 Å². The third-order valence-electron chi connectivity index (χ3n) is 2.29. The van der Waals surface area contributed by atoms with Crippen LogP contribution in [-0.4, -0.2) is 24.5 Å². The van der Waals surface area contributed by atoms with Crippen LogP contribution in [0.4, 0.5) is 0 Å². The number of hydrogen-bond donors (Lipinski definition) is 1. The van der Waals surface area contributed by atoms with Gasteiger partial charge in [0, 0.05) is 31.9 Å². The molecule has 0 saturated heterocycles. The second kappa shape index (κ2) is 4.22. The molecule has 6 heteroatoms. The fourth-order valence-corrected chi connectivity index (χ4v) is 1.41. The van der Waals surface area contributed by atoms with Crippen LogP contribution in [0.25, 0.3) is 0 Å². The molecular weight excluding hydrogens is 192 g/mol. The predicted molar refractivity (Wildman–Crippen MR) is 54.8 cm³/mol. The van der Waals surface area contributed by atoms with Gasteiger partial charge in [-0.3, -0.25) is 9.36 Å². The first kappa shape index (κ1) is 9.85. The minimum absolute atomic E-state index is 0.388. The highest BCUT2D eigenvalue weighted by atomic mass is 15.3. The number of rotatable bonds is 4. The number of nitrogens with two attached hydrogens (primary N) is 1. The molecule has 0 saturated carbocycles. The van der Waals surface area contributed by atoms with E-state index in [4.69, 9.17) is 5.73 Å². The van der Waals surface area contributed by atoms with Crippen molar-refractivity contribution < 1.29 is 0 Å². The van der Waals surface area contributed by atoms with Crippen LogP contribution in [0, 0.1) is 0 Å². The van der Waals surface area contributed by atoms with E-state index in [1.54, 1.807) is 17.2 Å². The summed E-state index contributed by atoms with van der Waals surface area (Å²) in [6.45, 7) is 1.19. The highest BCUT2D eigenvalue weighted by Gasteiger charge is 2.01.